The minimum atomic E-state index is -0.749. The summed E-state index contributed by atoms with van der Waals surface area (Å²) in [5, 5.41) is 10.1. The van der Waals surface area contributed by atoms with E-state index in [2.05, 4.69) is 40.9 Å². The molecule has 0 aromatic carbocycles. The summed E-state index contributed by atoms with van der Waals surface area (Å²) in [4.78, 5) is 23.4. The Labute approximate surface area is 377 Å². The predicted molar refractivity (Wildman–Crippen MR) is 266 cm³/mol. The highest BCUT2D eigenvalue weighted by atomic mass is 16.5. The number of hydrogen-bond donors (Lipinski definition) is 1. The van der Waals surface area contributed by atoms with E-state index in [-0.39, 0.29) is 11.4 Å². The Hall–Kier alpha value is -1.58. The van der Waals surface area contributed by atoms with Crippen LogP contribution in [0.1, 0.15) is 311 Å². The first-order chi connectivity index (χ1) is 29.2. The number of carboxylic acid groups (broad SMARTS) is 1. The summed E-state index contributed by atoms with van der Waals surface area (Å²) < 4.78 is 5.04. The van der Waals surface area contributed by atoms with E-state index in [1.807, 2.05) is 0 Å². The van der Waals surface area contributed by atoms with Crippen LogP contribution in [0.2, 0.25) is 0 Å². The number of carbonyl (C=O) groups excluding carboxylic acids is 1. The van der Waals surface area contributed by atoms with Gasteiger partial charge in [-0.1, -0.05) is 291 Å². The highest BCUT2D eigenvalue weighted by Gasteiger charge is 2.35. The number of hydrogen-bond acceptors (Lipinski definition) is 3. The lowest BCUT2D eigenvalue weighted by Crippen LogP contribution is -2.28. The number of carboxylic acids is 1. The molecule has 0 fully saturated rings. The van der Waals surface area contributed by atoms with Crippen LogP contribution in [-0.4, -0.2) is 23.7 Å². The smallest absolute Gasteiger partial charge is 0.333 e. The minimum Gasteiger partial charge on any atom is -0.478 e. The molecular formula is C56H108O4. The summed E-state index contributed by atoms with van der Waals surface area (Å²) in [6.07, 6.45) is 56.0. The lowest BCUT2D eigenvalue weighted by Gasteiger charge is -2.35. The van der Waals surface area contributed by atoms with Gasteiger partial charge in [0, 0.05) is 16.6 Å². The van der Waals surface area contributed by atoms with Crippen molar-refractivity contribution in [1.29, 1.82) is 0 Å². The molecule has 4 heteroatoms. The number of ether oxygens (including phenoxy) is 1. The van der Waals surface area contributed by atoms with Crippen molar-refractivity contribution in [2.75, 3.05) is 6.61 Å². The van der Waals surface area contributed by atoms with Crippen LogP contribution in [-0.2, 0) is 14.3 Å². The summed E-state index contributed by atoms with van der Waals surface area (Å²) in [5.74, 6) is -1.01. The van der Waals surface area contributed by atoms with Crippen LogP contribution in [0.5, 0.6) is 0 Å². The van der Waals surface area contributed by atoms with Crippen LogP contribution in [0.3, 0.4) is 0 Å². The number of carbonyl (C=O) groups is 2. The van der Waals surface area contributed by atoms with Crippen molar-refractivity contribution in [3.8, 4) is 0 Å². The second kappa shape index (κ2) is 48.5. The zero-order valence-electron chi connectivity index (χ0n) is 41.7. The van der Waals surface area contributed by atoms with Crippen molar-refractivity contribution in [3.05, 3.63) is 24.3 Å². The van der Waals surface area contributed by atoms with Gasteiger partial charge in [0.2, 0.25) is 0 Å². The fourth-order valence-electron chi connectivity index (χ4n) is 8.78. The molecule has 0 radical (unpaired) electrons. The number of rotatable bonds is 47. The van der Waals surface area contributed by atoms with Crippen molar-refractivity contribution in [1.82, 2.24) is 0 Å². The van der Waals surface area contributed by atoms with E-state index in [4.69, 9.17) is 4.74 Å². The van der Waals surface area contributed by atoms with Crippen molar-refractivity contribution >= 4 is 11.9 Å². The van der Waals surface area contributed by atoms with E-state index >= 15 is 0 Å². The average molecular weight is 845 g/mol. The molecule has 0 bridgehead atoms. The fourth-order valence-corrected chi connectivity index (χ4v) is 8.78. The maximum atomic E-state index is 12.3. The molecule has 0 aliphatic carbocycles. The van der Waals surface area contributed by atoms with Gasteiger partial charge in [-0.15, -0.1) is 0 Å². The first-order valence-corrected chi connectivity index (χ1v) is 27.0. The van der Waals surface area contributed by atoms with E-state index in [0.29, 0.717) is 17.8 Å². The van der Waals surface area contributed by atoms with Gasteiger partial charge in [-0.25, -0.2) is 9.59 Å². The molecule has 0 saturated carbocycles. The Kier molecular flexibility index (Phi) is 48.9. The third-order valence-corrected chi connectivity index (χ3v) is 13.0. The number of esters is 1. The van der Waals surface area contributed by atoms with Crippen LogP contribution >= 0.6 is 0 Å². The fraction of sp³-hybridized carbons (Fsp3) is 0.893. The number of unbranched alkanes of at least 4 members (excludes halogenated alkanes) is 36. The molecule has 0 spiro atoms. The van der Waals surface area contributed by atoms with Gasteiger partial charge in [0.25, 0.3) is 0 Å². The van der Waals surface area contributed by atoms with E-state index in [1.165, 1.54) is 231 Å². The minimum absolute atomic E-state index is 0.188. The van der Waals surface area contributed by atoms with Crippen LogP contribution in [0.25, 0.3) is 0 Å². The predicted octanol–water partition coefficient (Wildman–Crippen LogP) is 19.6. The molecule has 0 saturated heterocycles. The molecule has 60 heavy (non-hydrogen) atoms. The van der Waals surface area contributed by atoms with Gasteiger partial charge in [0.15, 0.2) is 0 Å². The standard InChI is InChI=1S/C40H78O2.C16H30O2/c1-5-8-11-14-17-20-23-26-29-32-35-40(38(4)39(41)42,36-33-30-27-24-21-18-15-12-9-6-2)37-34-31-28-25-22-19-16-13-10-7-3;1-4-5-6-7-8-9-10-11-12-13-14-18-16(17)15(2)3/h4-37H2,1-3H3,(H,41,42);2,4-14H2,1,3H3. The van der Waals surface area contributed by atoms with Gasteiger partial charge in [-0.2, -0.15) is 0 Å². The van der Waals surface area contributed by atoms with Gasteiger partial charge >= 0.3 is 11.9 Å². The Balaban J connectivity index is 0. The summed E-state index contributed by atoms with van der Waals surface area (Å²) in [6.45, 7) is 19.1. The molecule has 0 aliphatic rings. The van der Waals surface area contributed by atoms with Crippen molar-refractivity contribution < 1.29 is 19.4 Å². The van der Waals surface area contributed by atoms with E-state index in [9.17, 15) is 14.7 Å². The Morgan fingerprint density at radius 3 is 0.817 bits per heavy atom. The molecule has 0 atom stereocenters. The molecule has 4 nitrogen and oxygen atoms in total. The Morgan fingerprint density at radius 1 is 0.383 bits per heavy atom. The largest absolute Gasteiger partial charge is 0.478 e. The molecule has 0 aromatic rings. The van der Waals surface area contributed by atoms with Crippen LogP contribution in [0.15, 0.2) is 24.3 Å². The monoisotopic (exact) mass is 845 g/mol. The summed E-state index contributed by atoms with van der Waals surface area (Å²) >= 11 is 0. The highest BCUT2D eigenvalue weighted by molar-refractivity contribution is 5.87. The molecular weight excluding hydrogens is 737 g/mol. The maximum Gasteiger partial charge on any atom is 0.333 e. The van der Waals surface area contributed by atoms with Crippen molar-refractivity contribution in [2.45, 2.75) is 311 Å². The molecule has 0 aliphatic heterocycles. The summed E-state index contributed by atoms with van der Waals surface area (Å²) in [6, 6.07) is 0. The molecule has 0 rings (SSSR count). The third-order valence-electron chi connectivity index (χ3n) is 13.0. The van der Waals surface area contributed by atoms with Gasteiger partial charge in [-0.05, 0) is 32.6 Å². The zero-order chi connectivity index (χ0) is 44.6. The zero-order valence-corrected chi connectivity index (χ0v) is 41.7. The third kappa shape index (κ3) is 41.8. The summed E-state index contributed by atoms with van der Waals surface area (Å²) in [7, 11) is 0. The van der Waals surface area contributed by atoms with Gasteiger partial charge in [-0.3, -0.25) is 0 Å². The SMILES string of the molecule is C=C(C(=O)O)C(CCCCCCCCCCCC)(CCCCCCCCCCCC)CCCCCCCCCCCC.C=C(C)C(=O)OCCCCCCCCCCCC. The van der Waals surface area contributed by atoms with Crippen molar-refractivity contribution in [3.63, 3.8) is 0 Å². The van der Waals surface area contributed by atoms with E-state index in [0.717, 1.165) is 44.9 Å². The second-order valence-corrected chi connectivity index (χ2v) is 19.0. The van der Waals surface area contributed by atoms with Gasteiger partial charge in [0.1, 0.15) is 0 Å². The van der Waals surface area contributed by atoms with Gasteiger partial charge < -0.3 is 9.84 Å². The lowest BCUT2D eigenvalue weighted by atomic mass is 9.69. The van der Waals surface area contributed by atoms with Crippen molar-refractivity contribution in [2.24, 2.45) is 5.41 Å². The van der Waals surface area contributed by atoms with E-state index in [1.54, 1.807) is 6.92 Å². The number of aliphatic carboxylic acids is 1. The first-order valence-electron chi connectivity index (χ1n) is 27.0. The van der Waals surface area contributed by atoms with Crippen LogP contribution in [0.4, 0.5) is 0 Å². The topological polar surface area (TPSA) is 63.6 Å². The normalized spacial score (nSPS) is 11.3. The Bertz CT molecular complexity index is 878. The van der Waals surface area contributed by atoms with E-state index < -0.39 is 5.97 Å². The second-order valence-electron chi connectivity index (χ2n) is 19.0. The molecule has 1 N–H and O–H groups in total. The maximum absolute atomic E-state index is 12.3. The van der Waals surface area contributed by atoms with Gasteiger partial charge in [0.05, 0.1) is 6.61 Å². The first kappa shape index (κ1) is 60.5. The lowest BCUT2D eigenvalue weighted by molar-refractivity contribution is -0.139. The molecule has 0 unspecified atom stereocenters. The van der Waals surface area contributed by atoms with Crippen LogP contribution in [0, 0.1) is 5.41 Å². The molecule has 0 heterocycles. The quantitative estimate of drug-likeness (QED) is 0.0376. The highest BCUT2D eigenvalue weighted by Crippen LogP contribution is 2.43. The molecule has 0 amide bonds. The Morgan fingerprint density at radius 2 is 0.600 bits per heavy atom. The van der Waals surface area contributed by atoms with Crippen LogP contribution < -0.4 is 0 Å². The summed E-state index contributed by atoms with van der Waals surface area (Å²) in [5.41, 5.74) is 0.819. The molecule has 0 aromatic heterocycles. The molecule has 356 valence electrons. The average Bonchev–Trinajstić information content (AvgIpc) is 3.24.